The molecule has 12 heavy (non-hydrogen) atoms. The lowest BCUT2D eigenvalue weighted by atomic mass is 9.87. The maximum atomic E-state index is 4.61. The van der Waals surface area contributed by atoms with Crippen molar-refractivity contribution in [1.82, 2.24) is 0 Å². The Balaban J connectivity index is 0.000000130. The maximum Gasteiger partial charge on any atom is 0.303 e. The Hall–Kier alpha value is 0.137. The zero-order chi connectivity index (χ0) is 9.19. The monoisotopic (exact) mass is 188 g/mol. The van der Waals surface area contributed by atoms with E-state index < -0.39 is 10.0 Å². The minimum Gasteiger partial charge on any atom is -0.402 e. The summed E-state index contributed by atoms with van der Waals surface area (Å²) in [5, 5.41) is 0. The van der Waals surface area contributed by atoms with Gasteiger partial charge in [-0.1, -0.05) is 13.8 Å². The third-order valence-corrected chi connectivity index (χ3v) is 4.08. The molecule has 3 atom stereocenters. The van der Waals surface area contributed by atoms with Gasteiger partial charge in [-0.3, -0.25) is 0 Å². The molecular weight excluding hydrogens is 168 g/mol. The van der Waals surface area contributed by atoms with E-state index in [-0.39, 0.29) is 0 Å². The van der Waals surface area contributed by atoms with Gasteiger partial charge < -0.3 is 8.85 Å². The van der Waals surface area contributed by atoms with Gasteiger partial charge in [-0.2, -0.15) is 0 Å². The van der Waals surface area contributed by atoms with Crippen molar-refractivity contribution in [3.63, 3.8) is 0 Å². The highest BCUT2D eigenvalue weighted by molar-refractivity contribution is 6.17. The summed E-state index contributed by atoms with van der Waals surface area (Å²) in [6.07, 6.45) is 3.04. The summed E-state index contributed by atoms with van der Waals surface area (Å²) in [6, 6.07) is 0. The summed E-state index contributed by atoms with van der Waals surface area (Å²) in [4.78, 5) is 0. The van der Waals surface area contributed by atoms with Gasteiger partial charge in [0, 0.05) is 14.2 Å². The van der Waals surface area contributed by atoms with Gasteiger partial charge in [0.1, 0.15) is 0 Å². The van der Waals surface area contributed by atoms with Gasteiger partial charge in [-0.05, 0) is 30.1 Å². The van der Waals surface area contributed by atoms with Crippen molar-refractivity contribution in [2.75, 3.05) is 14.2 Å². The lowest BCUT2D eigenvalue weighted by molar-refractivity contribution is 0.309. The summed E-state index contributed by atoms with van der Waals surface area (Å²) in [7, 11) is 2.73. The molecule has 3 heteroatoms. The van der Waals surface area contributed by atoms with Crippen LogP contribution in [-0.4, -0.2) is 24.2 Å². The quantitative estimate of drug-likeness (QED) is 0.609. The molecule has 0 saturated heterocycles. The zero-order valence-corrected chi connectivity index (χ0v) is 10.0. The van der Waals surface area contributed by atoms with Gasteiger partial charge >= 0.3 is 10.0 Å². The SMILES string of the molecule is CC1C2CCC12C.CO[SiH2]OC. The number of hydrogen-bond acceptors (Lipinski definition) is 2. The van der Waals surface area contributed by atoms with Crippen LogP contribution in [0.25, 0.3) is 0 Å². The third-order valence-electron chi connectivity index (χ3n) is 3.61. The second-order valence-electron chi connectivity index (χ2n) is 4.13. The summed E-state index contributed by atoms with van der Waals surface area (Å²) in [5.74, 6) is 2.22. The molecule has 2 aliphatic carbocycles. The second-order valence-corrected chi connectivity index (χ2v) is 5.53. The van der Waals surface area contributed by atoms with E-state index in [4.69, 9.17) is 0 Å². The van der Waals surface area contributed by atoms with E-state index in [2.05, 4.69) is 22.7 Å². The Morgan fingerprint density at radius 3 is 1.83 bits per heavy atom. The summed E-state index contributed by atoms with van der Waals surface area (Å²) in [5.41, 5.74) is 0.847. The van der Waals surface area contributed by atoms with Crippen molar-refractivity contribution in [2.45, 2.75) is 26.7 Å². The molecule has 2 nitrogen and oxygen atoms in total. The van der Waals surface area contributed by atoms with E-state index in [1.165, 1.54) is 12.8 Å². The molecule has 0 aliphatic heterocycles. The highest BCUT2D eigenvalue weighted by atomic mass is 28.3. The Labute approximate surface area is 77.7 Å². The Morgan fingerprint density at radius 1 is 1.33 bits per heavy atom. The average molecular weight is 188 g/mol. The summed E-state index contributed by atoms with van der Waals surface area (Å²) >= 11 is 0. The molecule has 2 rings (SSSR count). The van der Waals surface area contributed by atoms with Gasteiger partial charge in [0.05, 0.1) is 0 Å². The van der Waals surface area contributed by atoms with Crippen LogP contribution < -0.4 is 0 Å². The lowest BCUT2D eigenvalue weighted by Gasteiger charge is -2.18. The van der Waals surface area contributed by atoms with Gasteiger partial charge in [0.2, 0.25) is 0 Å². The molecule has 0 aromatic rings. The molecule has 0 aromatic carbocycles. The zero-order valence-electron chi connectivity index (χ0n) is 8.59. The van der Waals surface area contributed by atoms with Crippen molar-refractivity contribution in [2.24, 2.45) is 17.3 Å². The Morgan fingerprint density at radius 2 is 1.83 bits per heavy atom. The van der Waals surface area contributed by atoms with Gasteiger partial charge in [0.25, 0.3) is 0 Å². The molecule has 72 valence electrons. The normalized spacial score (nSPS) is 42.0. The molecule has 0 radical (unpaired) electrons. The predicted octanol–water partition coefficient (Wildman–Crippen LogP) is 1.33. The first-order chi connectivity index (χ1) is 5.66. The van der Waals surface area contributed by atoms with E-state index in [1.54, 1.807) is 14.2 Å². The van der Waals surface area contributed by atoms with Gasteiger partial charge in [0.15, 0.2) is 0 Å². The first-order valence-electron chi connectivity index (χ1n) is 4.64. The second kappa shape index (κ2) is 3.90. The molecule has 3 unspecified atom stereocenters. The number of rotatable bonds is 2. The molecule has 0 bridgehead atoms. The van der Waals surface area contributed by atoms with E-state index in [0.717, 1.165) is 17.3 Å². The van der Waals surface area contributed by atoms with Gasteiger partial charge in [-0.15, -0.1) is 0 Å². The molecular formula is C9H20O2Si. The Bertz CT molecular complexity index is 143. The molecule has 0 heterocycles. The predicted molar refractivity (Wildman–Crippen MR) is 52.6 cm³/mol. The lowest BCUT2D eigenvalue weighted by Crippen LogP contribution is -2.08. The molecule has 2 fully saturated rings. The van der Waals surface area contributed by atoms with Crippen molar-refractivity contribution in [3.05, 3.63) is 0 Å². The fourth-order valence-corrected chi connectivity index (χ4v) is 2.51. The van der Waals surface area contributed by atoms with Crippen LogP contribution in [0.3, 0.4) is 0 Å². The van der Waals surface area contributed by atoms with E-state index in [0.29, 0.717) is 0 Å². The highest BCUT2D eigenvalue weighted by Gasteiger charge is 2.64. The van der Waals surface area contributed by atoms with Crippen molar-refractivity contribution >= 4 is 10.0 Å². The van der Waals surface area contributed by atoms with E-state index in [1.807, 2.05) is 0 Å². The van der Waals surface area contributed by atoms with Crippen molar-refractivity contribution < 1.29 is 8.85 Å². The largest absolute Gasteiger partial charge is 0.402 e. The number of hydrogen-bond donors (Lipinski definition) is 0. The smallest absolute Gasteiger partial charge is 0.303 e. The van der Waals surface area contributed by atoms with Crippen LogP contribution in [0.15, 0.2) is 0 Å². The molecule has 0 spiro atoms. The topological polar surface area (TPSA) is 18.5 Å². The highest BCUT2D eigenvalue weighted by Crippen LogP contribution is 2.71. The average Bonchev–Trinajstić information content (AvgIpc) is 2.37. The first kappa shape index (κ1) is 10.2. The van der Waals surface area contributed by atoms with Crippen molar-refractivity contribution in [1.29, 1.82) is 0 Å². The standard InChI is InChI=1S/C7H12.C2H8O2Si/c1-5-6-3-4-7(5,6)2;1-3-5-4-2/h5-6H,3-4H2,1-2H3;5H2,1-2H3. The maximum absolute atomic E-state index is 4.61. The third kappa shape index (κ3) is 1.73. The Kier molecular flexibility index (Phi) is 3.32. The van der Waals surface area contributed by atoms with Crippen LogP contribution in [0.2, 0.25) is 0 Å². The van der Waals surface area contributed by atoms with Crippen LogP contribution in [0.1, 0.15) is 26.7 Å². The number of fused-ring (bicyclic) bond motifs is 1. The van der Waals surface area contributed by atoms with E-state index >= 15 is 0 Å². The molecule has 2 aliphatic rings. The van der Waals surface area contributed by atoms with Crippen molar-refractivity contribution in [3.8, 4) is 0 Å². The van der Waals surface area contributed by atoms with Crippen LogP contribution in [0.4, 0.5) is 0 Å². The fraction of sp³-hybridized carbons (Fsp3) is 1.00. The fourth-order valence-electron chi connectivity index (χ4n) is 2.27. The van der Waals surface area contributed by atoms with E-state index in [9.17, 15) is 0 Å². The van der Waals surface area contributed by atoms with Crippen LogP contribution in [0.5, 0.6) is 0 Å². The summed E-state index contributed by atoms with van der Waals surface area (Å²) < 4.78 is 9.22. The van der Waals surface area contributed by atoms with Crippen LogP contribution in [0, 0.1) is 17.3 Å². The molecule has 2 saturated carbocycles. The summed E-state index contributed by atoms with van der Waals surface area (Å²) in [6.45, 7) is 4.81. The minimum absolute atomic E-state index is 0.568. The minimum atomic E-state index is -0.568. The van der Waals surface area contributed by atoms with Crippen LogP contribution >= 0.6 is 0 Å². The first-order valence-corrected chi connectivity index (χ1v) is 5.80. The molecule has 0 amide bonds. The molecule has 0 N–H and O–H groups in total. The van der Waals surface area contributed by atoms with Crippen LogP contribution in [-0.2, 0) is 8.85 Å². The van der Waals surface area contributed by atoms with Gasteiger partial charge in [-0.25, -0.2) is 0 Å². The molecule has 0 aromatic heterocycles.